The number of amides is 1. The third-order valence-electron chi connectivity index (χ3n) is 3.01. The largest absolute Gasteiger partial charge is 0.486 e. The summed E-state index contributed by atoms with van der Waals surface area (Å²) in [7, 11) is 1.30. The molecular weight excluding hydrogens is 262 g/mol. The first-order valence-corrected chi connectivity index (χ1v) is 6.41. The lowest BCUT2D eigenvalue weighted by Crippen LogP contribution is -2.36. The second-order valence-electron chi connectivity index (χ2n) is 4.25. The Kier molecular flexibility index (Phi) is 4.45. The van der Waals surface area contributed by atoms with Gasteiger partial charge in [0.1, 0.15) is 19.8 Å². The van der Waals surface area contributed by atoms with Crippen molar-refractivity contribution in [2.75, 3.05) is 33.4 Å². The maximum absolute atomic E-state index is 12.3. The van der Waals surface area contributed by atoms with E-state index in [1.54, 1.807) is 25.1 Å². The summed E-state index contributed by atoms with van der Waals surface area (Å²) in [5, 5.41) is 0. The van der Waals surface area contributed by atoms with Crippen LogP contribution in [0.15, 0.2) is 18.2 Å². The van der Waals surface area contributed by atoms with Crippen LogP contribution < -0.4 is 9.47 Å². The molecule has 0 fully saturated rings. The number of ether oxygens (including phenoxy) is 3. The molecular formula is C14H17NO5. The molecule has 6 heteroatoms. The second-order valence-corrected chi connectivity index (χ2v) is 4.25. The van der Waals surface area contributed by atoms with Crippen LogP contribution in [0.4, 0.5) is 0 Å². The van der Waals surface area contributed by atoms with Crippen LogP contribution in [0.1, 0.15) is 17.3 Å². The van der Waals surface area contributed by atoms with E-state index < -0.39 is 5.97 Å². The highest BCUT2D eigenvalue weighted by Gasteiger charge is 2.20. The molecule has 0 saturated heterocycles. The van der Waals surface area contributed by atoms with Crippen molar-refractivity contribution >= 4 is 11.9 Å². The Morgan fingerprint density at radius 1 is 1.25 bits per heavy atom. The average Bonchev–Trinajstić information content (AvgIpc) is 2.51. The van der Waals surface area contributed by atoms with Crippen molar-refractivity contribution in [3.63, 3.8) is 0 Å². The summed E-state index contributed by atoms with van der Waals surface area (Å²) in [4.78, 5) is 25.0. The Labute approximate surface area is 117 Å². The Balaban J connectivity index is 2.16. The number of hydrogen-bond acceptors (Lipinski definition) is 5. The second kappa shape index (κ2) is 6.27. The molecule has 0 aliphatic carbocycles. The molecule has 1 aromatic carbocycles. The first-order valence-electron chi connectivity index (χ1n) is 6.41. The quantitative estimate of drug-likeness (QED) is 0.772. The van der Waals surface area contributed by atoms with E-state index in [2.05, 4.69) is 4.74 Å². The summed E-state index contributed by atoms with van der Waals surface area (Å²) in [6.07, 6.45) is 0. The van der Waals surface area contributed by atoms with Crippen molar-refractivity contribution in [2.24, 2.45) is 0 Å². The number of carbonyl (C=O) groups excluding carboxylic acids is 2. The number of methoxy groups -OCH3 is 1. The van der Waals surface area contributed by atoms with Gasteiger partial charge in [-0.3, -0.25) is 9.59 Å². The number of nitrogens with zero attached hydrogens (tertiary/aromatic N) is 1. The standard InChI is InChI=1S/C14H17NO5/c1-3-15(9-13(16)18-2)14(17)10-4-5-11-12(8-10)20-7-6-19-11/h4-5,8H,3,6-7,9H2,1-2H3. The van der Waals surface area contributed by atoms with Gasteiger partial charge in [-0.15, -0.1) is 0 Å². The number of benzene rings is 1. The van der Waals surface area contributed by atoms with Gasteiger partial charge in [0.25, 0.3) is 5.91 Å². The van der Waals surface area contributed by atoms with Crippen molar-refractivity contribution in [2.45, 2.75) is 6.92 Å². The van der Waals surface area contributed by atoms with Crippen LogP contribution in [0, 0.1) is 0 Å². The van der Waals surface area contributed by atoms with Gasteiger partial charge in [-0.05, 0) is 25.1 Å². The SMILES string of the molecule is CCN(CC(=O)OC)C(=O)c1ccc2c(c1)OCCO2. The molecule has 0 atom stereocenters. The topological polar surface area (TPSA) is 65.1 Å². The number of hydrogen-bond donors (Lipinski definition) is 0. The molecule has 6 nitrogen and oxygen atoms in total. The van der Waals surface area contributed by atoms with E-state index in [9.17, 15) is 9.59 Å². The lowest BCUT2D eigenvalue weighted by atomic mass is 10.1. The fourth-order valence-electron chi connectivity index (χ4n) is 1.91. The molecule has 0 saturated carbocycles. The van der Waals surface area contributed by atoms with Crippen LogP contribution in [0.3, 0.4) is 0 Å². The van der Waals surface area contributed by atoms with Crippen molar-refractivity contribution < 1.29 is 23.8 Å². The number of carbonyl (C=O) groups is 2. The Bertz CT molecular complexity index is 514. The van der Waals surface area contributed by atoms with E-state index in [4.69, 9.17) is 9.47 Å². The van der Waals surface area contributed by atoms with Crippen LogP contribution >= 0.6 is 0 Å². The van der Waals surface area contributed by atoms with Crippen molar-refractivity contribution in [3.8, 4) is 11.5 Å². The molecule has 0 aromatic heterocycles. The molecule has 2 rings (SSSR count). The van der Waals surface area contributed by atoms with Crippen molar-refractivity contribution in [1.82, 2.24) is 4.90 Å². The van der Waals surface area contributed by atoms with Crippen molar-refractivity contribution in [3.05, 3.63) is 23.8 Å². The summed E-state index contributed by atoms with van der Waals surface area (Å²) < 4.78 is 15.4. The minimum atomic E-state index is -0.447. The number of rotatable bonds is 4. The molecule has 1 aromatic rings. The number of likely N-dealkylation sites (N-methyl/N-ethyl adjacent to an activating group) is 1. The molecule has 0 bridgehead atoms. The Morgan fingerprint density at radius 2 is 1.95 bits per heavy atom. The molecule has 1 aliphatic rings. The molecule has 0 spiro atoms. The molecule has 0 N–H and O–H groups in total. The van der Waals surface area contributed by atoms with Crippen molar-refractivity contribution in [1.29, 1.82) is 0 Å². The molecule has 20 heavy (non-hydrogen) atoms. The highest BCUT2D eigenvalue weighted by molar-refractivity contribution is 5.96. The summed E-state index contributed by atoms with van der Waals surface area (Å²) in [5.41, 5.74) is 0.458. The zero-order chi connectivity index (χ0) is 14.5. The van der Waals surface area contributed by atoms with Gasteiger partial charge in [-0.25, -0.2) is 0 Å². The van der Waals surface area contributed by atoms with Crippen LogP contribution in [-0.2, 0) is 9.53 Å². The van der Waals surface area contributed by atoms with Crippen LogP contribution in [-0.4, -0.2) is 50.2 Å². The van der Waals surface area contributed by atoms with E-state index in [-0.39, 0.29) is 12.5 Å². The predicted octanol–water partition coefficient (Wildman–Crippen LogP) is 1.09. The van der Waals surface area contributed by atoms with Gasteiger partial charge in [-0.2, -0.15) is 0 Å². The number of fused-ring (bicyclic) bond motifs is 1. The van der Waals surface area contributed by atoms with Gasteiger partial charge in [0, 0.05) is 12.1 Å². The van der Waals surface area contributed by atoms with E-state index in [1.807, 2.05) is 0 Å². The first-order chi connectivity index (χ1) is 9.65. The van der Waals surface area contributed by atoms with Crippen LogP contribution in [0.2, 0.25) is 0 Å². The minimum Gasteiger partial charge on any atom is -0.486 e. The maximum Gasteiger partial charge on any atom is 0.325 e. The molecule has 0 radical (unpaired) electrons. The normalized spacial score (nSPS) is 12.7. The maximum atomic E-state index is 12.3. The summed E-state index contributed by atoms with van der Waals surface area (Å²) in [5.74, 6) is 0.493. The average molecular weight is 279 g/mol. The Hall–Kier alpha value is -2.24. The molecule has 1 aliphatic heterocycles. The van der Waals surface area contributed by atoms with Gasteiger partial charge in [0.05, 0.1) is 7.11 Å². The highest BCUT2D eigenvalue weighted by atomic mass is 16.6. The third kappa shape index (κ3) is 3.01. The lowest BCUT2D eigenvalue weighted by molar-refractivity contribution is -0.141. The molecule has 108 valence electrons. The number of esters is 1. The summed E-state index contributed by atoms with van der Waals surface area (Å²) >= 11 is 0. The zero-order valence-electron chi connectivity index (χ0n) is 11.5. The van der Waals surface area contributed by atoms with Gasteiger partial charge in [0.15, 0.2) is 11.5 Å². The monoisotopic (exact) mass is 279 g/mol. The van der Waals surface area contributed by atoms with Gasteiger partial charge >= 0.3 is 5.97 Å². The molecule has 1 heterocycles. The van der Waals surface area contributed by atoms with Crippen LogP contribution in [0.5, 0.6) is 11.5 Å². The molecule has 0 unspecified atom stereocenters. The minimum absolute atomic E-state index is 0.0692. The van der Waals surface area contributed by atoms with E-state index in [0.717, 1.165) is 0 Å². The fraction of sp³-hybridized carbons (Fsp3) is 0.429. The smallest absolute Gasteiger partial charge is 0.325 e. The van der Waals surface area contributed by atoms with E-state index in [0.29, 0.717) is 36.8 Å². The third-order valence-corrected chi connectivity index (χ3v) is 3.01. The fourth-order valence-corrected chi connectivity index (χ4v) is 1.91. The Morgan fingerprint density at radius 3 is 2.60 bits per heavy atom. The van der Waals surface area contributed by atoms with Gasteiger partial charge in [-0.1, -0.05) is 0 Å². The summed E-state index contributed by atoms with van der Waals surface area (Å²) in [6.45, 7) is 3.12. The summed E-state index contributed by atoms with van der Waals surface area (Å²) in [6, 6.07) is 5.00. The lowest BCUT2D eigenvalue weighted by Gasteiger charge is -2.22. The predicted molar refractivity (Wildman–Crippen MR) is 71.0 cm³/mol. The van der Waals surface area contributed by atoms with E-state index in [1.165, 1.54) is 12.0 Å². The van der Waals surface area contributed by atoms with Crippen LogP contribution in [0.25, 0.3) is 0 Å². The first kappa shape index (κ1) is 14.2. The van der Waals surface area contributed by atoms with Gasteiger partial charge < -0.3 is 19.1 Å². The zero-order valence-corrected chi connectivity index (χ0v) is 11.5. The van der Waals surface area contributed by atoms with Gasteiger partial charge in [0.2, 0.25) is 0 Å². The van der Waals surface area contributed by atoms with E-state index >= 15 is 0 Å². The highest BCUT2D eigenvalue weighted by Crippen LogP contribution is 2.31. The molecule has 1 amide bonds.